The molecule has 0 aliphatic rings. The van der Waals surface area contributed by atoms with Gasteiger partial charge in [-0.3, -0.25) is 4.79 Å². The Morgan fingerprint density at radius 2 is 1.26 bits per heavy atom. The van der Waals surface area contributed by atoms with E-state index in [2.05, 4.69) is 24.4 Å². The summed E-state index contributed by atoms with van der Waals surface area (Å²) in [5, 5.41) is 11.1. The van der Waals surface area contributed by atoms with E-state index >= 15 is 0 Å². The lowest BCUT2D eigenvalue weighted by molar-refractivity contribution is -0.116. The lowest BCUT2D eigenvalue weighted by Gasteiger charge is -2.01. The molecule has 0 aliphatic heterocycles. The number of hydrogen-bond donors (Lipinski definition) is 2. The fraction of sp³-hybridized carbons (Fsp3) is 0.625. The summed E-state index contributed by atoms with van der Waals surface area (Å²) < 4.78 is 0. The predicted molar refractivity (Wildman–Crippen MR) is 118 cm³/mol. The number of aliphatic hydroxyl groups excluding tert-OH is 1. The summed E-state index contributed by atoms with van der Waals surface area (Å²) in [6.07, 6.45) is 31.5. The molecule has 0 rings (SSSR count). The maximum absolute atomic E-state index is 11.2. The number of aliphatic hydroxyl groups is 1. The molecular weight excluding hydrogens is 334 g/mol. The topological polar surface area (TPSA) is 49.3 Å². The van der Waals surface area contributed by atoms with Gasteiger partial charge >= 0.3 is 0 Å². The summed E-state index contributed by atoms with van der Waals surface area (Å²) in [6, 6.07) is 0. The summed E-state index contributed by atoms with van der Waals surface area (Å²) in [5.74, 6) is -0.190. The highest BCUT2D eigenvalue weighted by Crippen LogP contribution is 2.11. The number of carbonyl (C=O) groups is 1. The Bertz CT molecular complexity index is 436. The molecule has 0 heterocycles. The molecule has 154 valence electrons. The minimum absolute atomic E-state index is 0.0380. The molecular formula is C24H41NO2. The van der Waals surface area contributed by atoms with Crippen molar-refractivity contribution in [2.75, 3.05) is 13.2 Å². The molecule has 3 nitrogen and oxygen atoms in total. The van der Waals surface area contributed by atoms with Crippen molar-refractivity contribution in [2.24, 2.45) is 0 Å². The Balaban J connectivity index is 3.41. The monoisotopic (exact) mass is 375 g/mol. The molecule has 0 aromatic carbocycles. The van der Waals surface area contributed by atoms with E-state index in [1.165, 1.54) is 76.7 Å². The van der Waals surface area contributed by atoms with Crippen LogP contribution in [0.4, 0.5) is 0 Å². The molecule has 3 heteroatoms. The molecule has 0 fully saturated rings. The van der Waals surface area contributed by atoms with Gasteiger partial charge in [0.1, 0.15) is 0 Å². The molecule has 0 spiro atoms. The first kappa shape index (κ1) is 25.4. The van der Waals surface area contributed by atoms with E-state index in [4.69, 9.17) is 5.11 Å². The number of unbranched alkanes of at least 4 members (excludes halogenated alkanes) is 11. The van der Waals surface area contributed by atoms with Gasteiger partial charge in [-0.05, 0) is 12.8 Å². The van der Waals surface area contributed by atoms with E-state index in [0.29, 0.717) is 0 Å². The SMILES string of the molecule is CCCCCCCCCCCCCC=CC=CC=CC=CC(=O)NCCO. The van der Waals surface area contributed by atoms with E-state index in [9.17, 15) is 4.79 Å². The number of allylic oxidation sites excluding steroid dienone is 7. The van der Waals surface area contributed by atoms with Gasteiger partial charge in [0, 0.05) is 12.6 Å². The molecule has 0 aromatic rings. The van der Waals surface area contributed by atoms with E-state index < -0.39 is 0 Å². The Hall–Kier alpha value is -1.61. The highest BCUT2D eigenvalue weighted by Gasteiger charge is 1.92. The molecule has 27 heavy (non-hydrogen) atoms. The van der Waals surface area contributed by atoms with Crippen LogP contribution in [-0.2, 0) is 4.79 Å². The zero-order valence-electron chi connectivity index (χ0n) is 17.4. The lowest BCUT2D eigenvalue weighted by Crippen LogP contribution is -2.24. The summed E-state index contributed by atoms with van der Waals surface area (Å²) in [6.45, 7) is 2.52. The van der Waals surface area contributed by atoms with Crippen molar-refractivity contribution in [3.8, 4) is 0 Å². The third kappa shape index (κ3) is 22.3. The first-order valence-electron chi connectivity index (χ1n) is 10.9. The third-order valence-corrected chi connectivity index (χ3v) is 4.32. The third-order valence-electron chi connectivity index (χ3n) is 4.32. The molecule has 0 aliphatic carbocycles. The number of carbonyl (C=O) groups excluding carboxylic acids is 1. The van der Waals surface area contributed by atoms with Crippen molar-refractivity contribution >= 4 is 5.91 Å². The van der Waals surface area contributed by atoms with Crippen molar-refractivity contribution in [2.45, 2.75) is 84.0 Å². The van der Waals surface area contributed by atoms with Gasteiger partial charge in [-0.1, -0.05) is 114 Å². The van der Waals surface area contributed by atoms with Crippen LogP contribution in [-0.4, -0.2) is 24.2 Å². The fourth-order valence-corrected chi connectivity index (χ4v) is 2.74. The molecule has 0 saturated heterocycles. The van der Waals surface area contributed by atoms with E-state index in [1.807, 2.05) is 24.3 Å². The van der Waals surface area contributed by atoms with Crippen molar-refractivity contribution in [3.05, 3.63) is 48.6 Å². The van der Waals surface area contributed by atoms with Gasteiger partial charge in [-0.25, -0.2) is 0 Å². The largest absolute Gasteiger partial charge is 0.395 e. The smallest absolute Gasteiger partial charge is 0.244 e. The maximum atomic E-state index is 11.2. The molecule has 0 atom stereocenters. The van der Waals surface area contributed by atoms with E-state index in [1.54, 1.807) is 6.08 Å². The first-order valence-corrected chi connectivity index (χ1v) is 10.9. The molecule has 0 aromatic heterocycles. The fourth-order valence-electron chi connectivity index (χ4n) is 2.74. The zero-order chi connectivity index (χ0) is 19.8. The Morgan fingerprint density at radius 3 is 1.85 bits per heavy atom. The zero-order valence-corrected chi connectivity index (χ0v) is 17.4. The standard InChI is InChI=1S/C24H41NO2/c1-2-3-4-5-6-7-8-9-10-11-12-13-14-15-16-17-18-19-20-21-24(27)25-22-23-26/h14-21,26H,2-13,22-23H2,1H3,(H,25,27). The molecule has 2 N–H and O–H groups in total. The van der Waals surface area contributed by atoms with Gasteiger partial charge < -0.3 is 10.4 Å². The van der Waals surface area contributed by atoms with Crippen LogP contribution in [0, 0.1) is 0 Å². The first-order chi connectivity index (χ1) is 13.3. The second-order valence-corrected chi connectivity index (χ2v) is 6.90. The minimum atomic E-state index is -0.190. The van der Waals surface area contributed by atoms with Crippen LogP contribution in [0.15, 0.2) is 48.6 Å². The van der Waals surface area contributed by atoms with Crippen LogP contribution >= 0.6 is 0 Å². The molecule has 1 amide bonds. The van der Waals surface area contributed by atoms with E-state index in [-0.39, 0.29) is 19.1 Å². The van der Waals surface area contributed by atoms with Crippen LogP contribution in [0.2, 0.25) is 0 Å². The molecule has 0 saturated carbocycles. The molecule has 0 bridgehead atoms. The molecule has 0 radical (unpaired) electrons. The summed E-state index contributed by atoms with van der Waals surface area (Å²) >= 11 is 0. The highest BCUT2D eigenvalue weighted by atomic mass is 16.3. The second-order valence-electron chi connectivity index (χ2n) is 6.90. The minimum Gasteiger partial charge on any atom is -0.395 e. The van der Waals surface area contributed by atoms with Crippen molar-refractivity contribution < 1.29 is 9.90 Å². The predicted octanol–water partition coefficient (Wildman–Crippen LogP) is 6.02. The van der Waals surface area contributed by atoms with Gasteiger partial charge in [0.05, 0.1) is 6.61 Å². The summed E-state index contributed by atoms with van der Waals surface area (Å²) in [4.78, 5) is 11.2. The van der Waals surface area contributed by atoms with Gasteiger partial charge in [0.15, 0.2) is 0 Å². The Morgan fingerprint density at radius 1 is 0.741 bits per heavy atom. The summed E-state index contributed by atoms with van der Waals surface area (Å²) in [5.41, 5.74) is 0. The normalized spacial score (nSPS) is 12.2. The van der Waals surface area contributed by atoms with Crippen molar-refractivity contribution in [1.82, 2.24) is 5.32 Å². The van der Waals surface area contributed by atoms with Crippen LogP contribution in [0.25, 0.3) is 0 Å². The van der Waals surface area contributed by atoms with Crippen LogP contribution < -0.4 is 5.32 Å². The van der Waals surface area contributed by atoms with Gasteiger partial charge in [-0.15, -0.1) is 0 Å². The lowest BCUT2D eigenvalue weighted by atomic mass is 10.1. The van der Waals surface area contributed by atoms with E-state index in [0.717, 1.165) is 6.42 Å². The van der Waals surface area contributed by atoms with Crippen molar-refractivity contribution in [1.29, 1.82) is 0 Å². The Labute approximate surface area is 167 Å². The number of amides is 1. The quantitative estimate of drug-likeness (QED) is 0.175. The highest BCUT2D eigenvalue weighted by molar-refractivity contribution is 5.87. The van der Waals surface area contributed by atoms with Crippen LogP contribution in [0.1, 0.15) is 84.0 Å². The van der Waals surface area contributed by atoms with Crippen molar-refractivity contribution in [3.63, 3.8) is 0 Å². The van der Waals surface area contributed by atoms with Gasteiger partial charge in [0.2, 0.25) is 5.91 Å². The number of hydrogen-bond acceptors (Lipinski definition) is 2. The molecule has 0 unspecified atom stereocenters. The van der Waals surface area contributed by atoms with Crippen LogP contribution in [0.5, 0.6) is 0 Å². The average Bonchev–Trinajstić information content (AvgIpc) is 2.68. The summed E-state index contributed by atoms with van der Waals surface area (Å²) in [7, 11) is 0. The maximum Gasteiger partial charge on any atom is 0.244 e. The van der Waals surface area contributed by atoms with Gasteiger partial charge in [0.25, 0.3) is 0 Å². The number of nitrogens with one attached hydrogen (secondary N) is 1. The second kappa shape index (κ2) is 22.4. The van der Waals surface area contributed by atoms with Crippen LogP contribution in [0.3, 0.4) is 0 Å². The average molecular weight is 376 g/mol. The van der Waals surface area contributed by atoms with Gasteiger partial charge in [-0.2, -0.15) is 0 Å². The Kier molecular flexibility index (Phi) is 21.1. The number of rotatable bonds is 18.